The lowest BCUT2D eigenvalue weighted by atomic mass is 10.2. The summed E-state index contributed by atoms with van der Waals surface area (Å²) >= 11 is 5.86. The minimum absolute atomic E-state index is 0.0360. The summed E-state index contributed by atoms with van der Waals surface area (Å²) in [7, 11) is 0. The molecule has 1 aromatic rings. The number of rotatable bonds is 1. The predicted octanol–water partition coefficient (Wildman–Crippen LogP) is 1.19. The van der Waals surface area contributed by atoms with E-state index < -0.39 is 0 Å². The Bertz CT molecular complexity index is 378. The van der Waals surface area contributed by atoms with Gasteiger partial charge in [0.05, 0.1) is 6.54 Å². The van der Waals surface area contributed by atoms with E-state index in [0.717, 1.165) is 17.7 Å². The molecule has 1 aliphatic rings. The molecule has 1 aliphatic heterocycles. The van der Waals surface area contributed by atoms with Gasteiger partial charge in [-0.15, -0.1) is 0 Å². The smallest absolute Gasteiger partial charge is 0.240 e. The number of amides is 1. The van der Waals surface area contributed by atoms with Crippen LogP contribution in [-0.4, -0.2) is 19.0 Å². The highest BCUT2D eigenvalue weighted by atomic mass is 35.5. The van der Waals surface area contributed by atoms with E-state index in [4.69, 9.17) is 17.3 Å². The Morgan fingerprint density at radius 1 is 1.57 bits per heavy atom. The van der Waals surface area contributed by atoms with Gasteiger partial charge < -0.3 is 10.6 Å². The van der Waals surface area contributed by atoms with Crippen molar-refractivity contribution in [3.63, 3.8) is 0 Å². The average Bonchev–Trinajstić information content (AvgIpc) is 2.59. The Labute approximate surface area is 87.4 Å². The van der Waals surface area contributed by atoms with Crippen molar-refractivity contribution < 1.29 is 4.79 Å². The van der Waals surface area contributed by atoms with Gasteiger partial charge in [0.2, 0.25) is 5.91 Å². The van der Waals surface area contributed by atoms with Crippen LogP contribution in [-0.2, 0) is 11.2 Å². The van der Waals surface area contributed by atoms with Crippen LogP contribution in [0.3, 0.4) is 0 Å². The van der Waals surface area contributed by atoms with Crippen molar-refractivity contribution in [2.24, 2.45) is 5.73 Å². The molecule has 1 heterocycles. The number of carbonyl (C=O) groups excluding carboxylic acids is 1. The molecule has 0 unspecified atom stereocenters. The number of hydrogen-bond acceptors (Lipinski definition) is 2. The Morgan fingerprint density at radius 2 is 2.36 bits per heavy atom. The van der Waals surface area contributed by atoms with Crippen molar-refractivity contribution in [2.75, 3.05) is 18.0 Å². The standard InChI is InChI=1S/C10H11ClN2O/c11-8-1-2-9-7(5-8)3-4-13(9)10(14)6-12/h1-2,5H,3-4,6,12H2. The highest BCUT2D eigenvalue weighted by Gasteiger charge is 2.23. The van der Waals surface area contributed by atoms with Gasteiger partial charge in [-0.3, -0.25) is 4.79 Å². The number of benzene rings is 1. The molecule has 0 fully saturated rings. The van der Waals surface area contributed by atoms with Crippen molar-refractivity contribution in [1.29, 1.82) is 0 Å². The fourth-order valence-electron chi connectivity index (χ4n) is 1.74. The maximum Gasteiger partial charge on any atom is 0.240 e. The number of fused-ring (bicyclic) bond motifs is 1. The molecule has 2 N–H and O–H groups in total. The van der Waals surface area contributed by atoms with Crippen LogP contribution in [0.1, 0.15) is 5.56 Å². The molecule has 1 aromatic carbocycles. The van der Waals surface area contributed by atoms with Crippen molar-refractivity contribution >= 4 is 23.2 Å². The second kappa shape index (κ2) is 3.59. The quantitative estimate of drug-likeness (QED) is 0.757. The van der Waals surface area contributed by atoms with Crippen LogP contribution in [0.4, 0.5) is 5.69 Å². The third kappa shape index (κ3) is 1.49. The monoisotopic (exact) mass is 210 g/mol. The number of anilines is 1. The number of carbonyl (C=O) groups is 1. The van der Waals surface area contributed by atoms with Gasteiger partial charge in [0.25, 0.3) is 0 Å². The van der Waals surface area contributed by atoms with E-state index in [0.29, 0.717) is 11.6 Å². The molecule has 74 valence electrons. The first-order valence-corrected chi connectivity index (χ1v) is 4.89. The Balaban J connectivity index is 2.35. The molecule has 0 saturated heterocycles. The van der Waals surface area contributed by atoms with Crippen molar-refractivity contribution in [2.45, 2.75) is 6.42 Å². The van der Waals surface area contributed by atoms with Crippen molar-refractivity contribution in [3.05, 3.63) is 28.8 Å². The summed E-state index contributed by atoms with van der Waals surface area (Å²) in [6, 6.07) is 5.57. The number of halogens is 1. The predicted molar refractivity (Wildman–Crippen MR) is 56.6 cm³/mol. The van der Waals surface area contributed by atoms with E-state index in [2.05, 4.69) is 0 Å². The molecule has 0 spiro atoms. The average molecular weight is 211 g/mol. The largest absolute Gasteiger partial charge is 0.322 e. The van der Waals surface area contributed by atoms with Crippen LogP contribution >= 0.6 is 11.6 Å². The highest BCUT2D eigenvalue weighted by Crippen LogP contribution is 2.30. The molecule has 4 heteroatoms. The zero-order chi connectivity index (χ0) is 10.1. The van der Waals surface area contributed by atoms with Crippen molar-refractivity contribution in [1.82, 2.24) is 0 Å². The molecule has 0 saturated carbocycles. The highest BCUT2D eigenvalue weighted by molar-refractivity contribution is 6.30. The third-order valence-electron chi connectivity index (χ3n) is 2.41. The van der Waals surface area contributed by atoms with Gasteiger partial charge in [0.15, 0.2) is 0 Å². The van der Waals surface area contributed by atoms with E-state index in [-0.39, 0.29) is 12.5 Å². The molecular formula is C10H11ClN2O. The summed E-state index contributed by atoms with van der Waals surface area (Å²) < 4.78 is 0. The fraction of sp³-hybridized carbons (Fsp3) is 0.300. The molecule has 1 amide bonds. The van der Waals surface area contributed by atoms with Crippen LogP contribution < -0.4 is 10.6 Å². The topological polar surface area (TPSA) is 46.3 Å². The first kappa shape index (κ1) is 9.49. The lowest BCUT2D eigenvalue weighted by molar-refractivity contribution is -0.117. The molecule has 0 atom stereocenters. The third-order valence-corrected chi connectivity index (χ3v) is 2.65. The van der Waals surface area contributed by atoms with E-state index in [1.165, 1.54) is 0 Å². The SMILES string of the molecule is NCC(=O)N1CCc2cc(Cl)ccc21. The Morgan fingerprint density at radius 3 is 3.07 bits per heavy atom. The molecule has 0 aliphatic carbocycles. The second-order valence-electron chi connectivity index (χ2n) is 3.27. The Hall–Kier alpha value is -1.06. The van der Waals surface area contributed by atoms with Crippen LogP contribution in [0, 0.1) is 0 Å². The maximum atomic E-state index is 11.4. The zero-order valence-corrected chi connectivity index (χ0v) is 8.42. The van der Waals surface area contributed by atoms with Gasteiger partial charge in [0.1, 0.15) is 0 Å². The van der Waals surface area contributed by atoms with Gasteiger partial charge in [-0.2, -0.15) is 0 Å². The van der Waals surface area contributed by atoms with Gasteiger partial charge in [0, 0.05) is 17.3 Å². The molecular weight excluding hydrogens is 200 g/mol. The summed E-state index contributed by atoms with van der Waals surface area (Å²) in [4.78, 5) is 13.1. The van der Waals surface area contributed by atoms with Crippen molar-refractivity contribution in [3.8, 4) is 0 Å². The minimum Gasteiger partial charge on any atom is -0.322 e. The van der Waals surface area contributed by atoms with Crippen LogP contribution in [0.5, 0.6) is 0 Å². The minimum atomic E-state index is -0.0360. The van der Waals surface area contributed by atoms with Gasteiger partial charge in [-0.1, -0.05) is 11.6 Å². The second-order valence-corrected chi connectivity index (χ2v) is 3.71. The fourth-order valence-corrected chi connectivity index (χ4v) is 1.93. The van der Waals surface area contributed by atoms with Gasteiger partial charge in [-0.25, -0.2) is 0 Å². The first-order valence-electron chi connectivity index (χ1n) is 4.51. The molecule has 2 rings (SSSR count). The van der Waals surface area contributed by atoms with Gasteiger partial charge >= 0.3 is 0 Å². The van der Waals surface area contributed by atoms with E-state index in [1.54, 1.807) is 11.0 Å². The summed E-state index contributed by atoms with van der Waals surface area (Å²) in [5, 5.41) is 0.714. The summed E-state index contributed by atoms with van der Waals surface area (Å²) in [6.45, 7) is 0.772. The van der Waals surface area contributed by atoms with E-state index >= 15 is 0 Å². The Kier molecular flexibility index (Phi) is 2.44. The van der Waals surface area contributed by atoms with E-state index in [9.17, 15) is 4.79 Å². The number of nitrogens with two attached hydrogens (primary N) is 1. The maximum absolute atomic E-state index is 11.4. The lowest BCUT2D eigenvalue weighted by Gasteiger charge is -2.15. The summed E-state index contributed by atoms with van der Waals surface area (Å²) in [5.41, 5.74) is 7.39. The molecule has 14 heavy (non-hydrogen) atoms. The van der Waals surface area contributed by atoms with Gasteiger partial charge in [-0.05, 0) is 30.2 Å². The summed E-state index contributed by atoms with van der Waals surface area (Å²) in [5.74, 6) is -0.0360. The molecule has 0 radical (unpaired) electrons. The number of hydrogen-bond donors (Lipinski definition) is 1. The summed E-state index contributed by atoms with van der Waals surface area (Å²) in [6.07, 6.45) is 0.863. The lowest BCUT2D eigenvalue weighted by Crippen LogP contribution is -2.34. The first-order chi connectivity index (χ1) is 6.72. The number of nitrogens with zero attached hydrogens (tertiary/aromatic N) is 1. The van der Waals surface area contributed by atoms with E-state index in [1.807, 2.05) is 12.1 Å². The normalized spacial score (nSPS) is 14.3. The van der Waals surface area contributed by atoms with Crippen LogP contribution in [0.25, 0.3) is 0 Å². The molecule has 0 aromatic heterocycles. The zero-order valence-electron chi connectivity index (χ0n) is 7.66. The molecule has 0 bridgehead atoms. The van der Waals surface area contributed by atoms with Crippen LogP contribution in [0.15, 0.2) is 18.2 Å². The van der Waals surface area contributed by atoms with Crippen LogP contribution in [0.2, 0.25) is 5.02 Å². The molecule has 3 nitrogen and oxygen atoms in total.